The number of hydrogen-bond donors (Lipinski definition) is 2. The Kier molecular flexibility index (Phi) is 1.40. The molecule has 3 heteroatoms. The van der Waals surface area contributed by atoms with Crippen molar-refractivity contribution < 1.29 is 4.79 Å². The van der Waals surface area contributed by atoms with Gasteiger partial charge >= 0.3 is 6.03 Å². The van der Waals surface area contributed by atoms with Gasteiger partial charge in [0.15, 0.2) is 0 Å². The number of benzene rings is 1. The molecule has 1 aromatic carbocycles. The zero-order chi connectivity index (χ0) is 9.71. The highest BCUT2D eigenvalue weighted by Crippen LogP contribution is 2.56. The van der Waals surface area contributed by atoms with E-state index in [-0.39, 0.29) is 0 Å². The summed E-state index contributed by atoms with van der Waals surface area (Å²) in [4.78, 5) is 10.7. The highest BCUT2D eigenvalue weighted by Gasteiger charge is 2.56. The molecule has 3 nitrogen and oxygen atoms in total. The molecule has 0 spiro atoms. The molecular weight excluding hydrogens is 176 g/mol. The van der Waals surface area contributed by atoms with Crippen molar-refractivity contribution in [3.05, 3.63) is 35.4 Å². The third-order valence-corrected chi connectivity index (χ3v) is 3.35. The number of hydrogen-bond acceptors (Lipinski definition) is 1. The zero-order valence-corrected chi connectivity index (χ0v) is 7.73. The maximum Gasteiger partial charge on any atom is 0.312 e. The van der Waals surface area contributed by atoms with Gasteiger partial charge in [0.25, 0.3) is 0 Å². The fourth-order valence-electron chi connectivity index (χ4n) is 2.71. The first-order chi connectivity index (χ1) is 6.77. The number of nitrogens with two attached hydrogens (primary N) is 1. The van der Waals surface area contributed by atoms with E-state index in [1.54, 1.807) is 0 Å². The molecule has 0 radical (unpaired) electrons. The van der Waals surface area contributed by atoms with Crippen molar-refractivity contribution in [3.8, 4) is 0 Å². The maximum atomic E-state index is 10.7. The fraction of sp³-hybridized carbons (Fsp3) is 0.364. The molecule has 1 fully saturated rings. The van der Waals surface area contributed by atoms with E-state index in [2.05, 4.69) is 29.6 Å². The van der Waals surface area contributed by atoms with Crippen molar-refractivity contribution in [2.75, 3.05) is 0 Å². The summed E-state index contributed by atoms with van der Waals surface area (Å²) < 4.78 is 0. The molecule has 0 saturated heterocycles. The molecule has 2 aliphatic rings. The molecule has 1 aromatic rings. The first kappa shape index (κ1) is 7.85. The zero-order valence-electron chi connectivity index (χ0n) is 7.73. The second kappa shape index (κ2) is 2.50. The van der Waals surface area contributed by atoms with Crippen LogP contribution in [0.4, 0.5) is 4.79 Å². The third-order valence-electron chi connectivity index (χ3n) is 3.35. The lowest BCUT2D eigenvalue weighted by Gasteiger charge is -2.07. The predicted octanol–water partition coefficient (Wildman–Crippen LogP) is 0.993. The van der Waals surface area contributed by atoms with E-state index in [0.717, 1.165) is 6.42 Å². The number of carbonyl (C=O) groups excluding carboxylic acids is 1. The number of fused-ring (bicyclic) bond motifs is 3. The van der Waals surface area contributed by atoms with Crippen LogP contribution in [0.3, 0.4) is 0 Å². The number of urea groups is 1. The Morgan fingerprint density at radius 1 is 1.43 bits per heavy atom. The lowest BCUT2D eigenvalue weighted by Crippen LogP contribution is -2.33. The molecule has 72 valence electrons. The second-order valence-corrected chi connectivity index (χ2v) is 4.13. The molecule has 3 unspecified atom stereocenters. The van der Waals surface area contributed by atoms with Crippen molar-refractivity contribution in [2.24, 2.45) is 11.7 Å². The number of nitrogens with one attached hydrogen (secondary N) is 1. The van der Waals surface area contributed by atoms with Crippen LogP contribution in [0.5, 0.6) is 0 Å². The minimum absolute atomic E-state index is 0.294. The summed E-state index contributed by atoms with van der Waals surface area (Å²) in [6.07, 6.45) is 1.09. The van der Waals surface area contributed by atoms with Gasteiger partial charge in [-0.05, 0) is 23.5 Å². The van der Waals surface area contributed by atoms with Crippen molar-refractivity contribution in [2.45, 2.75) is 18.4 Å². The summed E-state index contributed by atoms with van der Waals surface area (Å²) >= 11 is 0. The molecule has 0 heterocycles. The standard InChI is InChI=1S/C11H12N2O/c12-11(14)13-10-8-5-6-3-1-2-4-7(6)9(8)10/h1-4,8-10H,5H2,(H3,12,13,14). The van der Waals surface area contributed by atoms with Gasteiger partial charge in [0.2, 0.25) is 0 Å². The molecule has 0 bridgehead atoms. The quantitative estimate of drug-likeness (QED) is 0.678. The molecule has 0 aliphatic heterocycles. The monoisotopic (exact) mass is 188 g/mol. The van der Waals surface area contributed by atoms with E-state index in [1.165, 1.54) is 11.1 Å². The van der Waals surface area contributed by atoms with Crippen LogP contribution >= 0.6 is 0 Å². The summed E-state index contributed by atoms with van der Waals surface area (Å²) in [5, 5.41) is 2.80. The van der Waals surface area contributed by atoms with Crippen molar-refractivity contribution in [1.82, 2.24) is 5.32 Å². The van der Waals surface area contributed by atoms with Crippen molar-refractivity contribution in [1.29, 1.82) is 0 Å². The van der Waals surface area contributed by atoms with Crippen LogP contribution in [0.15, 0.2) is 24.3 Å². The fourth-order valence-corrected chi connectivity index (χ4v) is 2.71. The number of rotatable bonds is 1. The van der Waals surface area contributed by atoms with Crippen molar-refractivity contribution >= 4 is 6.03 Å². The summed E-state index contributed by atoms with van der Waals surface area (Å²) in [7, 11) is 0. The molecule has 3 atom stereocenters. The molecule has 3 N–H and O–H groups in total. The van der Waals surface area contributed by atoms with Gasteiger partial charge in [0.1, 0.15) is 0 Å². The molecule has 2 amide bonds. The number of carbonyl (C=O) groups is 1. The van der Waals surface area contributed by atoms with Gasteiger partial charge in [-0.3, -0.25) is 0 Å². The SMILES string of the molecule is NC(=O)NC1C2Cc3ccccc3C21. The van der Waals surface area contributed by atoms with Gasteiger partial charge in [-0.1, -0.05) is 24.3 Å². The number of primary amides is 1. The van der Waals surface area contributed by atoms with Crippen LogP contribution < -0.4 is 11.1 Å². The lowest BCUT2D eigenvalue weighted by atomic mass is 10.1. The molecule has 1 saturated carbocycles. The lowest BCUT2D eigenvalue weighted by molar-refractivity contribution is 0.248. The Morgan fingerprint density at radius 3 is 3.00 bits per heavy atom. The Bertz CT molecular complexity index is 402. The van der Waals surface area contributed by atoms with Crippen LogP contribution in [-0.4, -0.2) is 12.1 Å². The topological polar surface area (TPSA) is 55.1 Å². The van der Waals surface area contributed by atoms with Gasteiger partial charge in [-0.2, -0.15) is 0 Å². The highest BCUT2D eigenvalue weighted by atomic mass is 16.2. The summed E-state index contributed by atoms with van der Waals surface area (Å²) in [6, 6.07) is 8.34. The van der Waals surface area contributed by atoms with Crippen LogP contribution in [-0.2, 0) is 6.42 Å². The van der Waals surface area contributed by atoms with Gasteiger partial charge in [0.05, 0.1) is 0 Å². The number of amides is 2. The van der Waals surface area contributed by atoms with E-state index in [4.69, 9.17) is 5.73 Å². The first-order valence-corrected chi connectivity index (χ1v) is 4.91. The molecule has 0 aromatic heterocycles. The molecule has 14 heavy (non-hydrogen) atoms. The molecule has 2 aliphatic carbocycles. The van der Waals surface area contributed by atoms with E-state index < -0.39 is 6.03 Å². The molecule has 3 rings (SSSR count). The Morgan fingerprint density at radius 2 is 2.21 bits per heavy atom. The van der Waals surface area contributed by atoms with E-state index in [1.807, 2.05) is 0 Å². The summed E-state index contributed by atoms with van der Waals surface area (Å²) in [5.74, 6) is 1.12. The van der Waals surface area contributed by atoms with Crippen LogP contribution in [0.25, 0.3) is 0 Å². The predicted molar refractivity (Wildman–Crippen MR) is 52.9 cm³/mol. The van der Waals surface area contributed by atoms with E-state index in [9.17, 15) is 4.79 Å². The molecular formula is C11H12N2O. The minimum atomic E-state index is -0.401. The van der Waals surface area contributed by atoms with E-state index in [0.29, 0.717) is 17.9 Å². The average Bonchev–Trinajstić information content (AvgIpc) is 2.68. The Balaban J connectivity index is 1.84. The Hall–Kier alpha value is -1.51. The van der Waals surface area contributed by atoms with E-state index >= 15 is 0 Å². The van der Waals surface area contributed by atoms with Crippen LogP contribution in [0.1, 0.15) is 17.0 Å². The second-order valence-electron chi connectivity index (χ2n) is 4.13. The van der Waals surface area contributed by atoms with Gasteiger partial charge in [0, 0.05) is 12.0 Å². The Labute approximate surface area is 82.3 Å². The normalized spacial score (nSPS) is 31.9. The van der Waals surface area contributed by atoms with Crippen LogP contribution in [0, 0.1) is 5.92 Å². The smallest absolute Gasteiger partial charge is 0.312 e. The summed E-state index contributed by atoms with van der Waals surface area (Å²) in [5.41, 5.74) is 7.94. The van der Waals surface area contributed by atoms with Gasteiger partial charge in [-0.15, -0.1) is 0 Å². The van der Waals surface area contributed by atoms with Gasteiger partial charge in [-0.25, -0.2) is 4.79 Å². The summed E-state index contributed by atoms with van der Waals surface area (Å²) in [6.45, 7) is 0. The van der Waals surface area contributed by atoms with Gasteiger partial charge < -0.3 is 11.1 Å². The van der Waals surface area contributed by atoms with Crippen molar-refractivity contribution in [3.63, 3.8) is 0 Å². The highest BCUT2D eigenvalue weighted by molar-refractivity contribution is 5.73. The van der Waals surface area contributed by atoms with Crippen LogP contribution in [0.2, 0.25) is 0 Å². The first-order valence-electron chi connectivity index (χ1n) is 4.91. The minimum Gasteiger partial charge on any atom is -0.352 e. The average molecular weight is 188 g/mol. The third kappa shape index (κ3) is 0.953. The maximum absolute atomic E-state index is 10.7. The largest absolute Gasteiger partial charge is 0.352 e.